The molecular formula is C17H24N2O3. The molecular weight excluding hydrogens is 280 g/mol. The van der Waals surface area contributed by atoms with Crippen LogP contribution in [0.1, 0.15) is 39.5 Å². The molecule has 0 aromatic rings. The first-order chi connectivity index (χ1) is 10.5. The lowest BCUT2D eigenvalue weighted by Crippen LogP contribution is -2.55. The van der Waals surface area contributed by atoms with Crippen molar-refractivity contribution in [1.29, 1.82) is 0 Å². The third kappa shape index (κ3) is 2.46. The molecule has 0 spiro atoms. The fraction of sp³-hybridized carbons (Fsp3) is 0.706. The smallest absolute Gasteiger partial charge is 0.245 e. The molecule has 3 atom stereocenters. The number of imide groups is 1. The Balaban J connectivity index is 1.85. The Morgan fingerprint density at radius 1 is 1.14 bits per heavy atom. The minimum Gasteiger partial charge on any atom is -0.341 e. The molecule has 5 nitrogen and oxygen atoms in total. The maximum atomic E-state index is 12.7. The molecule has 0 aromatic heterocycles. The Bertz CT molecular complexity index is 496. The van der Waals surface area contributed by atoms with Gasteiger partial charge in [0.1, 0.15) is 6.04 Å². The number of carbonyl (C=O) groups excluding carboxylic acids is 3. The molecule has 120 valence electrons. The van der Waals surface area contributed by atoms with E-state index in [1.807, 2.05) is 26.0 Å². The third-order valence-electron chi connectivity index (χ3n) is 5.00. The van der Waals surface area contributed by atoms with Crippen molar-refractivity contribution in [1.82, 2.24) is 9.80 Å². The SMILES string of the molecule is CC(C)C[C@H](C(=O)N1CCC1)N1C(=O)[C@H]2CC=CC[C@H]2C1=O. The van der Waals surface area contributed by atoms with E-state index in [2.05, 4.69) is 0 Å². The summed E-state index contributed by atoms with van der Waals surface area (Å²) in [5.41, 5.74) is 0. The second kappa shape index (κ2) is 5.86. The first-order valence-electron chi connectivity index (χ1n) is 8.31. The van der Waals surface area contributed by atoms with Crippen molar-refractivity contribution < 1.29 is 14.4 Å². The fourth-order valence-corrected chi connectivity index (χ4v) is 3.64. The van der Waals surface area contributed by atoms with Crippen molar-refractivity contribution >= 4 is 17.7 Å². The molecule has 0 aromatic carbocycles. The lowest BCUT2D eigenvalue weighted by molar-refractivity contribution is -0.154. The van der Waals surface area contributed by atoms with Crippen LogP contribution in [0.5, 0.6) is 0 Å². The van der Waals surface area contributed by atoms with E-state index < -0.39 is 6.04 Å². The summed E-state index contributed by atoms with van der Waals surface area (Å²) in [6, 6.07) is -0.606. The van der Waals surface area contributed by atoms with Gasteiger partial charge in [-0.15, -0.1) is 0 Å². The molecule has 22 heavy (non-hydrogen) atoms. The van der Waals surface area contributed by atoms with E-state index in [-0.39, 0.29) is 35.5 Å². The van der Waals surface area contributed by atoms with Gasteiger partial charge in [-0.3, -0.25) is 19.3 Å². The summed E-state index contributed by atoms with van der Waals surface area (Å²) in [4.78, 5) is 41.2. The van der Waals surface area contributed by atoms with Gasteiger partial charge in [0.05, 0.1) is 11.8 Å². The van der Waals surface area contributed by atoms with Crippen LogP contribution in [0.3, 0.4) is 0 Å². The van der Waals surface area contributed by atoms with Crippen molar-refractivity contribution in [3.05, 3.63) is 12.2 Å². The molecule has 5 heteroatoms. The van der Waals surface area contributed by atoms with Gasteiger partial charge in [0, 0.05) is 13.1 Å². The monoisotopic (exact) mass is 304 g/mol. The second-order valence-corrected chi connectivity index (χ2v) is 7.03. The van der Waals surface area contributed by atoms with Gasteiger partial charge >= 0.3 is 0 Å². The van der Waals surface area contributed by atoms with Crippen LogP contribution in [0.25, 0.3) is 0 Å². The molecule has 2 aliphatic heterocycles. The quantitative estimate of drug-likeness (QED) is 0.585. The van der Waals surface area contributed by atoms with Gasteiger partial charge in [0.2, 0.25) is 17.7 Å². The second-order valence-electron chi connectivity index (χ2n) is 7.03. The standard InChI is InChI=1S/C17H24N2O3/c1-11(2)10-14(17(22)18-8-5-9-18)19-15(20)12-6-3-4-7-13(12)16(19)21/h3-4,11-14H,5-10H2,1-2H3/t12-,13+,14-/m1/s1. The Labute approximate surface area is 131 Å². The average molecular weight is 304 g/mol. The van der Waals surface area contributed by atoms with E-state index in [4.69, 9.17) is 0 Å². The van der Waals surface area contributed by atoms with Crippen LogP contribution < -0.4 is 0 Å². The number of hydrogen-bond acceptors (Lipinski definition) is 3. The lowest BCUT2D eigenvalue weighted by Gasteiger charge is -2.37. The molecule has 0 radical (unpaired) electrons. The molecule has 1 aliphatic carbocycles. The van der Waals surface area contributed by atoms with E-state index >= 15 is 0 Å². The summed E-state index contributed by atoms with van der Waals surface area (Å²) >= 11 is 0. The number of carbonyl (C=O) groups is 3. The number of likely N-dealkylation sites (tertiary alicyclic amines) is 2. The fourth-order valence-electron chi connectivity index (χ4n) is 3.64. The summed E-state index contributed by atoms with van der Waals surface area (Å²) < 4.78 is 0. The van der Waals surface area contributed by atoms with Crippen molar-refractivity contribution in [2.75, 3.05) is 13.1 Å². The molecule has 0 bridgehead atoms. The molecule has 0 unspecified atom stereocenters. The highest BCUT2D eigenvalue weighted by Crippen LogP contribution is 2.37. The van der Waals surface area contributed by atoms with Crippen molar-refractivity contribution in [2.24, 2.45) is 17.8 Å². The van der Waals surface area contributed by atoms with Gasteiger partial charge in [-0.2, -0.15) is 0 Å². The van der Waals surface area contributed by atoms with Crippen molar-refractivity contribution in [3.8, 4) is 0 Å². The van der Waals surface area contributed by atoms with Gasteiger partial charge in [-0.1, -0.05) is 26.0 Å². The van der Waals surface area contributed by atoms with Gasteiger partial charge in [-0.25, -0.2) is 0 Å². The van der Waals surface area contributed by atoms with Crippen LogP contribution in [0.4, 0.5) is 0 Å². The summed E-state index contributed by atoms with van der Waals surface area (Å²) in [5.74, 6) is -0.574. The highest BCUT2D eigenvalue weighted by Gasteiger charge is 2.51. The zero-order valence-electron chi connectivity index (χ0n) is 13.3. The predicted molar refractivity (Wildman–Crippen MR) is 81.6 cm³/mol. The van der Waals surface area contributed by atoms with Gasteiger partial charge in [0.15, 0.2) is 0 Å². The summed E-state index contributed by atoms with van der Waals surface area (Å²) in [6.07, 6.45) is 6.77. The maximum Gasteiger partial charge on any atom is 0.245 e. The van der Waals surface area contributed by atoms with E-state index in [1.165, 1.54) is 4.90 Å². The number of hydrogen-bond donors (Lipinski definition) is 0. The summed E-state index contributed by atoms with van der Waals surface area (Å²) in [5, 5.41) is 0. The van der Waals surface area contributed by atoms with Crippen LogP contribution in [-0.4, -0.2) is 46.7 Å². The van der Waals surface area contributed by atoms with Crippen molar-refractivity contribution in [3.63, 3.8) is 0 Å². The van der Waals surface area contributed by atoms with Gasteiger partial charge in [0.25, 0.3) is 0 Å². The Morgan fingerprint density at radius 2 is 1.68 bits per heavy atom. The Morgan fingerprint density at radius 3 is 2.09 bits per heavy atom. The number of amides is 3. The number of nitrogens with zero attached hydrogens (tertiary/aromatic N) is 2. The van der Waals surface area contributed by atoms with E-state index in [0.717, 1.165) is 19.5 Å². The minimum atomic E-state index is -0.606. The molecule has 2 saturated heterocycles. The third-order valence-corrected chi connectivity index (χ3v) is 5.00. The lowest BCUT2D eigenvalue weighted by atomic mass is 9.85. The predicted octanol–water partition coefficient (Wildman–Crippen LogP) is 1.58. The first kappa shape index (κ1) is 15.3. The average Bonchev–Trinajstić information content (AvgIpc) is 2.67. The zero-order valence-corrected chi connectivity index (χ0v) is 13.3. The first-order valence-corrected chi connectivity index (χ1v) is 8.31. The highest BCUT2D eigenvalue weighted by atomic mass is 16.2. The van der Waals surface area contributed by atoms with Crippen LogP contribution in [-0.2, 0) is 14.4 Å². The van der Waals surface area contributed by atoms with Crippen LogP contribution in [0, 0.1) is 17.8 Å². The van der Waals surface area contributed by atoms with Crippen LogP contribution in [0.2, 0.25) is 0 Å². The summed E-state index contributed by atoms with van der Waals surface area (Å²) in [7, 11) is 0. The maximum absolute atomic E-state index is 12.7. The molecule has 2 heterocycles. The minimum absolute atomic E-state index is 0.0479. The molecule has 3 rings (SSSR count). The molecule has 2 fully saturated rings. The Kier molecular flexibility index (Phi) is 4.06. The molecule has 3 amide bonds. The van der Waals surface area contributed by atoms with Gasteiger partial charge in [-0.05, 0) is 31.6 Å². The molecule has 0 N–H and O–H groups in total. The molecule has 3 aliphatic rings. The van der Waals surface area contributed by atoms with Crippen LogP contribution >= 0.6 is 0 Å². The Hall–Kier alpha value is -1.65. The topological polar surface area (TPSA) is 57.7 Å². The van der Waals surface area contributed by atoms with E-state index in [0.29, 0.717) is 19.3 Å². The molecule has 0 saturated carbocycles. The zero-order chi connectivity index (χ0) is 15.9. The summed E-state index contributed by atoms with van der Waals surface area (Å²) in [6.45, 7) is 5.54. The van der Waals surface area contributed by atoms with E-state index in [1.54, 1.807) is 4.90 Å². The number of fused-ring (bicyclic) bond motifs is 1. The largest absolute Gasteiger partial charge is 0.341 e. The van der Waals surface area contributed by atoms with Crippen molar-refractivity contribution in [2.45, 2.75) is 45.6 Å². The van der Waals surface area contributed by atoms with E-state index in [9.17, 15) is 14.4 Å². The number of allylic oxidation sites excluding steroid dienone is 2. The highest BCUT2D eigenvalue weighted by molar-refractivity contribution is 6.08. The normalized spacial score (nSPS) is 28.9. The van der Waals surface area contributed by atoms with Crippen LogP contribution in [0.15, 0.2) is 12.2 Å². The number of rotatable bonds is 4. The van der Waals surface area contributed by atoms with Gasteiger partial charge < -0.3 is 4.90 Å².